The summed E-state index contributed by atoms with van der Waals surface area (Å²) >= 11 is 5.97. The first-order valence-corrected chi connectivity index (χ1v) is 7.75. The van der Waals surface area contributed by atoms with E-state index in [1.807, 2.05) is 60.1 Å². The van der Waals surface area contributed by atoms with Crippen molar-refractivity contribution in [2.24, 2.45) is 0 Å². The molecule has 1 aliphatic heterocycles. The molecule has 4 nitrogen and oxygen atoms in total. The zero-order chi connectivity index (χ0) is 16.0. The molecule has 114 valence electrons. The number of benzene rings is 2. The largest absolute Gasteiger partial charge is 0.322 e. The molecule has 3 aromatic rings. The molecule has 23 heavy (non-hydrogen) atoms. The summed E-state index contributed by atoms with van der Waals surface area (Å²) in [5.74, 6) is -0.109. The molecule has 0 radical (unpaired) electrons. The average Bonchev–Trinajstić information content (AvgIpc) is 2.78. The zero-order valence-electron chi connectivity index (χ0n) is 12.5. The van der Waals surface area contributed by atoms with Gasteiger partial charge in [0.05, 0.1) is 22.6 Å². The Morgan fingerprint density at radius 3 is 2.65 bits per heavy atom. The van der Waals surface area contributed by atoms with Gasteiger partial charge in [0.25, 0.3) is 5.91 Å². The third-order valence-corrected chi connectivity index (χ3v) is 4.33. The number of anilines is 1. The highest BCUT2D eigenvalue weighted by molar-refractivity contribution is 6.30. The summed E-state index contributed by atoms with van der Waals surface area (Å²) in [6.45, 7) is 1.86. The number of aromatic nitrogens is 2. The molecule has 4 rings (SSSR count). The minimum atomic E-state index is -0.109. The van der Waals surface area contributed by atoms with Gasteiger partial charge in [0.15, 0.2) is 0 Å². The number of hydrogen-bond acceptors (Lipinski definition) is 2. The molecule has 0 saturated heterocycles. The fraction of sp³-hybridized carbons (Fsp3) is 0.111. The third kappa shape index (κ3) is 2.32. The molecule has 0 fully saturated rings. The Bertz CT molecular complexity index is 913. The van der Waals surface area contributed by atoms with Gasteiger partial charge in [0, 0.05) is 17.1 Å². The van der Waals surface area contributed by atoms with Crippen molar-refractivity contribution in [3.8, 4) is 5.69 Å². The lowest BCUT2D eigenvalue weighted by Gasteiger charge is -2.08. The monoisotopic (exact) mass is 323 g/mol. The van der Waals surface area contributed by atoms with Crippen molar-refractivity contribution in [3.63, 3.8) is 0 Å². The highest BCUT2D eigenvalue weighted by atomic mass is 35.5. The molecule has 0 aliphatic carbocycles. The SMILES string of the molecule is Cc1nn(-c2ccc(Cl)cc2)c2c1C(=O)Nc1ccccc1C2. The quantitative estimate of drug-likeness (QED) is 0.736. The van der Waals surface area contributed by atoms with Crippen LogP contribution in [-0.2, 0) is 6.42 Å². The van der Waals surface area contributed by atoms with E-state index in [1.54, 1.807) is 0 Å². The zero-order valence-corrected chi connectivity index (χ0v) is 13.3. The second-order valence-electron chi connectivity index (χ2n) is 5.58. The molecule has 2 heterocycles. The molecular formula is C18H14ClN3O. The van der Waals surface area contributed by atoms with E-state index in [0.29, 0.717) is 17.0 Å². The van der Waals surface area contributed by atoms with Crippen LogP contribution in [0, 0.1) is 6.92 Å². The first-order chi connectivity index (χ1) is 11.1. The molecule has 0 bridgehead atoms. The number of amides is 1. The number of halogens is 1. The molecule has 1 N–H and O–H groups in total. The van der Waals surface area contributed by atoms with E-state index in [9.17, 15) is 4.79 Å². The molecular weight excluding hydrogens is 310 g/mol. The maximum Gasteiger partial charge on any atom is 0.259 e. The summed E-state index contributed by atoms with van der Waals surface area (Å²) in [6, 6.07) is 15.3. The molecule has 0 unspecified atom stereocenters. The van der Waals surface area contributed by atoms with Crippen LogP contribution < -0.4 is 5.32 Å². The summed E-state index contributed by atoms with van der Waals surface area (Å²) in [4.78, 5) is 12.6. The van der Waals surface area contributed by atoms with E-state index >= 15 is 0 Å². The van der Waals surface area contributed by atoms with Crippen LogP contribution in [0.15, 0.2) is 48.5 Å². The normalized spacial score (nSPS) is 13.0. The van der Waals surface area contributed by atoms with Gasteiger partial charge in [0.1, 0.15) is 0 Å². The van der Waals surface area contributed by atoms with Gasteiger partial charge in [-0.25, -0.2) is 4.68 Å². The van der Waals surface area contributed by atoms with Crippen LogP contribution in [-0.4, -0.2) is 15.7 Å². The van der Waals surface area contributed by atoms with Crippen LogP contribution in [0.25, 0.3) is 5.69 Å². The van der Waals surface area contributed by atoms with Crippen LogP contribution in [0.2, 0.25) is 5.02 Å². The Labute approximate surface area is 138 Å². The van der Waals surface area contributed by atoms with E-state index in [4.69, 9.17) is 11.6 Å². The molecule has 1 aliphatic rings. The lowest BCUT2D eigenvalue weighted by Crippen LogP contribution is -2.12. The van der Waals surface area contributed by atoms with Gasteiger partial charge in [-0.1, -0.05) is 29.8 Å². The lowest BCUT2D eigenvalue weighted by molar-refractivity contribution is 0.102. The van der Waals surface area contributed by atoms with Gasteiger partial charge in [0.2, 0.25) is 0 Å². The molecule has 2 aromatic carbocycles. The predicted molar refractivity (Wildman–Crippen MR) is 90.5 cm³/mol. The van der Waals surface area contributed by atoms with Crippen LogP contribution in [0.4, 0.5) is 5.69 Å². The van der Waals surface area contributed by atoms with Gasteiger partial charge in [-0.3, -0.25) is 4.79 Å². The van der Waals surface area contributed by atoms with Crippen molar-refractivity contribution < 1.29 is 4.79 Å². The number of para-hydroxylation sites is 1. The summed E-state index contributed by atoms with van der Waals surface area (Å²) < 4.78 is 1.84. The Morgan fingerprint density at radius 1 is 1.13 bits per heavy atom. The standard InChI is InChI=1S/C18H14ClN3O/c1-11-17-16(22(21-11)14-8-6-13(19)7-9-14)10-12-4-2-3-5-15(12)20-18(17)23/h2-9H,10H2,1H3,(H,20,23). The van der Waals surface area contributed by atoms with Crippen molar-refractivity contribution >= 4 is 23.2 Å². The van der Waals surface area contributed by atoms with Gasteiger partial charge >= 0.3 is 0 Å². The van der Waals surface area contributed by atoms with Crippen molar-refractivity contribution in [1.82, 2.24) is 9.78 Å². The molecule has 0 atom stereocenters. The second-order valence-corrected chi connectivity index (χ2v) is 6.02. The van der Waals surface area contributed by atoms with E-state index in [-0.39, 0.29) is 5.91 Å². The smallest absolute Gasteiger partial charge is 0.259 e. The number of hydrogen-bond donors (Lipinski definition) is 1. The number of fused-ring (bicyclic) bond motifs is 2. The van der Waals surface area contributed by atoms with Gasteiger partial charge in [-0.05, 0) is 42.8 Å². The van der Waals surface area contributed by atoms with E-state index < -0.39 is 0 Å². The van der Waals surface area contributed by atoms with Crippen molar-refractivity contribution in [1.29, 1.82) is 0 Å². The molecule has 1 amide bonds. The molecule has 0 saturated carbocycles. The highest BCUT2D eigenvalue weighted by Crippen LogP contribution is 2.29. The van der Waals surface area contributed by atoms with E-state index in [2.05, 4.69) is 10.4 Å². The third-order valence-electron chi connectivity index (χ3n) is 4.08. The topological polar surface area (TPSA) is 46.9 Å². The Kier molecular flexibility index (Phi) is 3.20. The number of nitrogens with one attached hydrogen (secondary N) is 1. The molecule has 5 heteroatoms. The number of carbonyl (C=O) groups is 1. The maximum atomic E-state index is 12.6. The van der Waals surface area contributed by atoms with Crippen LogP contribution in [0.3, 0.4) is 0 Å². The average molecular weight is 324 g/mol. The second kappa shape index (κ2) is 5.25. The van der Waals surface area contributed by atoms with Gasteiger partial charge in [-0.15, -0.1) is 0 Å². The molecule has 1 aromatic heterocycles. The highest BCUT2D eigenvalue weighted by Gasteiger charge is 2.26. The Hall–Kier alpha value is -2.59. The summed E-state index contributed by atoms with van der Waals surface area (Å²) in [5.41, 5.74) is 5.10. The van der Waals surface area contributed by atoms with Crippen molar-refractivity contribution in [3.05, 3.63) is 76.1 Å². The number of carbonyl (C=O) groups excluding carboxylic acids is 1. The minimum absolute atomic E-state index is 0.109. The van der Waals surface area contributed by atoms with Crippen LogP contribution >= 0.6 is 11.6 Å². The fourth-order valence-electron chi connectivity index (χ4n) is 2.99. The number of rotatable bonds is 1. The van der Waals surface area contributed by atoms with Crippen molar-refractivity contribution in [2.45, 2.75) is 13.3 Å². The fourth-order valence-corrected chi connectivity index (χ4v) is 3.12. The van der Waals surface area contributed by atoms with E-state index in [0.717, 1.165) is 28.3 Å². The summed E-state index contributed by atoms with van der Waals surface area (Å²) in [7, 11) is 0. The minimum Gasteiger partial charge on any atom is -0.322 e. The Balaban J connectivity index is 1.92. The predicted octanol–water partition coefficient (Wildman–Crippen LogP) is 3.99. The van der Waals surface area contributed by atoms with Gasteiger partial charge < -0.3 is 5.32 Å². The van der Waals surface area contributed by atoms with E-state index in [1.165, 1.54) is 0 Å². The van der Waals surface area contributed by atoms with Crippen LogP contribution in [0.5, 0.6) is 0 Å². The first kappa shape index (κ1) is 14.0. The molecule has 0 spiro atoms. The summed E-state index contributed by atoms with van der Waals surface area (Å²) in [5, 5.41) is 8.22. The first-order valence-electron chi connectivity index (χ1n) is 7.37. The maximum absolute atomic E-state index is 12.6. The Morgan fingerprint density at radius 2 is 1.87 bits per heavy atom. The lowest BCUT2D eigenvalue weighted by atomic mass is 10.1. The van der Waals surface area contributed by atoms with Crippen LogP contribution in [0.1, 0.15) is 27.3 Å². The van der Waals surface area contributed by atoms with Crippen molar-refractivity contribution in [2.75, 3.05) is 5.32 Å². The van der Waals surface area contributed by atoms with Gasteiger partial charge in [-0.2, -0.15) is 5.10 Å². The summed E-state index contributed by atoms with van der Waals surface area (Å²) in [6.07, 6.45) is 0.647. The number of aryl methyl sites for hydroxylation is 1. The number of nitrogens with zero attached hydrogens (tertiary/aromatic N) is 2.